The topological polar surface area (TPSA) is 180 Å². The van der Waals surface area contributed by atoms with E-state index in [1.807, 2.05) is 34.6 Å². The summed E-state index contributed by atoms with van der Waals surface area (Å²) in [5.41, 5.74) is 5.13. The van der Waals surface area contributed by atoms with Gasteiger partial charge < -0.3 is 41.4 Å². The summed E-state index contributed by atoms with van der Waals surface area (Å²) in [6.45, 7) is 11.5. The SMILES string of the molecule is CCCCC(N)C(=O)NCC=O.CCNC(=O)OC(C)(C)C.CNC(C(=O)O)C(C)O. The van der Waals surface area contributed by atoms with Gasteiger partial charge in [-0.15, -0.1) is 0 Å². The van der Waals surface area contributed by atoms with Crippen LogP contribution in [0.4, 0.5) is 4.79 Å². The Hall–Kier alpha value is -2.24. The fourth-order valence-corrected chi connectivity index (χ4v) is 1.86. The molecule has 0 heterocycles. The highest BCUT2D eigenvalue weighted by Gasteiger charge is 2.19. The van der Waals surface area contributed by atoms with Crippen molar-refractivity contribution in [3.63, 3.8) is 0 Å². The lowest BCUT2D eigenvalue weighted by molar-refractivity contribution is -0.142. The number of hydrogen-bond donors (Lipinski definition) is 6. The lowest BCUT2D eigenvalue weighted by Crippen LogP contribution is -2.42. The maximum atomic E-state index is 11.0. The van der Waals surface area contributed by atoms with E-state index in [1.165, 1.54) is 14.0 Å². The number of nitrogens with two attached hydrogens (primary N) is 1. The first-order valence-electron chi connectivity index (χ1n) is 10.3. The number of rotatable bonds is 10. The van der Waals surface area contributed by atoms with Crippen molar-refractivity contribution >= 4 is 24.3 Å². The highest BCUT2D eigenvalue weighted by Crippen LogP contribution is 2.05. The molecule has 0 aliphatic heterocycles. The minimum atomic E-state index is -1.03. The van der Waals surface area contributed by atoms with Crippen LogP contribution in [0.15, 0.2) is 0 Å². The highest BCUT2D eigenvalue weighted by molar-refractivity contribution is 5.83. The van der Waals surface area contributed by atoms with Crippen LogP contribution in [0.25, 0.3) is 0 Å². The Bertz CT molecular complexity index is 508. The van der Waals surface area contributed by atoms with Gasteiger partial charge in [-0.2, -0.15) is 0 Å². The second-order valence-corrected chi connectivity index (χ2v) is 7.54. The molecule has 0 aromatic rings. The van der Waals surface area contributed by atoms with Gasteiger partial charge in [0.25, 0.3) is 0 Å². The van der Waals surface area contributed by atoms with Crippen molar-refractivity contribution in [1.29, 1.82) is 0 Å². The third-order valence-corrected chi connectivity index (χ3v) is 3.34. The second-order valence-electron chi connectivity index (χ2n) is 7.54. The number of likely N-dealkylation sites (N-methyl/N-ethyl adjacent to an activating group) is 1. The highest BCUT2D eigenvalue weighted by atomic mass is 16.6. The molecule has 0 bridgehead atoms. The van der Waals surface area contributed by atoms with Gasteiger partial charge in [0, 0.05) is 6.54 Å². The Labute approximate surface area is 185 Å². The lowest BCUT2D eigenvalue weighted by atomic mass is 10.1. The van der Waals surface area contributed by atoms with E-state index < -0.39 is 24.2 Å². The van der Waals surface area contributed by atoms with Crippen LogP contribution in [0.2, 0.25) is 0 Å². The van der Waals surface area contributed by atoms with Crippen molar-refractivity contribution in [1.82, 2.24) is 16.0 Å². The monoisotopic (exact) mass is 450 g/mol. The minimum Gasteiger partial charge on any atom is -0.480 e. The van der Waals surface area contributed by atoms with E-state index in [2.05, 4.69) is 16.0 Å². The number of aliphatic hydroxyl groups is 1. The summed E-state index contributed by atoms with van der Waals surface area (Å²) in [6.07, 6.45) is 2.08. The number of aliphatic hydroxyl groups excluding tert-OH is 1. The predicted molar refractivity (Wildman–Crippen MR) is 119 cm³/mol. The van der Waals surface area contributed by atoms with E-state index in [4.69, 9.17) is 20.7 Å². The smallest absolute Gasteiger partial charge is 0.407 e. The summed E-state index contributed by atoms with van der Waals surface area (Å²) in [4.78, 5) is 41.8. The number of carbonyl (C=O) groups is 4. The number of aldehydes is 1. The summed E-state index contributed by atoms with van der Waals surface area (Å²) >= 11 is 0. The molecule has 3 atom stereocenters. The summed E-state index contributed by atoms with van der Waals surface area (Å²) in [5, 5.41) is 24.5. The molecule has 184 valence electrons. The van der Waals surface area contributed by atoms with Crippen LogP contribution in [-0.2, 0) is 19.1 Å². The van der Waals surface area contributed by atoms with Gasteiger partial charge in [0.05, 0.1) is 18.7 Å². The number of unbranched alkanes of at least 4 members (excludes halogenated alkanes) is 1. The zero-order valence-corrected chi connectivity index (χ0v) is 19.9. The van der Waals surface area contributed by atoms with Gasteiger partial charge in [-0.05, 0) is 48.1 Å². The summed E-state index contributed by atoms with van der Waals surface area (Å²) in [5.74, 6) is -1.27. The Balaban J connectivity index is -0.000000384. The third-order valence-electron chi connectivity index (χ3n) is 3.34. The van der Waals surface area contributed by atoms with Gasteiger partial charge in [0.1, 0.15) is 17.9 Å². The maximum absolute atomic E-state index is 11.0. The molecule has 0 aliphatic carbocycles. The number of ether oxygens (including phenoxy) is 1. The zero-order valence-electron chi connectivity index (χ0n) is 19.9. The Morgan fingerprint density at radius 3 is 2.00 bits per heavy atom. The molecule has 3 unspecified atom stereocenters. The first-order chi connectivity index (χ1) is 14.3. The van der Waals surface area contributed by atoms with Crippen molar-refractivity contribution in [3.8, 4) is 0 Å². The fraction of sp³-hybridized carbons (Fsp3) is 0.800. The predicted octanol–water partition coefficient (Wildman–Crippen LogP) is 0.390. The van der Waals surface area contributed by atoms with Gasteiger partial charge in [0.2, 0.25) is 5.91 Å². The van der Waals surface area contributed by atoms with Gasteiger partial charge in [0.15, 0.2) is 0 Å². The number of nitrogens with one attached hydrogen (secondary N) is 3. The molecule has 0 aromatic heterocycles. The van der Waals surface area contributed by atoms with Crippen LogP contribution < -0.4 is 21.7 Å². The van der Waals surface area contributed by atoms with Gasteiger partial charge in [-0.3, -0.25) is 9.59 Å². The Morgan fingerprint density at radius 2 is 1.71 bits per heavy atom. The third kappa shape index (κ3) is 23.9. The number of amides is 2. The van der Waals surface area contributed by atoms with Crippen LogP contribution in [0.1, 0.15) is 60.8 Å². The van der Waals surface area contributed by atoms with E-state index in [0.29, 0.717) is 19.3 Å². The van der Waals surface area contributed by atoms with Crippen molar-refractivity contribution in [2.24, 2.45) is 5.73 Å². The lowest BCUT2D eigenvalue weighted by Gasteiger charge is -2.19. The quantitative estimate of drug-likeness (QED) is 0.257. The normalized spacial score (nSPS) is 13.1. The number of hydrogen-bond acceptors (Lipinski definition) is 8. The average molecular weight is 451 g/mol. The summed E-state index contributed by atoms with van der Waals surface area (Å²) in [6, 6.07) is -1.32. The molecule has 0 fully saturated rings. The average Bonchev–Trinajstić information content (AvgIpc) is 2.63. The standard InChI is InChI=1S/C8H16N2O2.C7H15NO2.C5H11NO3/c1-2-3-4-7(9)8(12)10-5-6-11;1-5-8-6(9)10-7(2,3)4;1-3(7)4(6-2)5(8)9/h6-7H,2-5,9H2,1H3,(H,10,12);5H2,1-4H3,(H,8,9);3-4,6-7H,1-2H3,(H,8,9). The van der Waals surface area contributed by atoms with Crippen molar-refractivity contribution in [3.05, 3.63) is 0 Å². The molecule has 11 heteroatoms. The zero-order chi connectivity index (χ0) is 25.0. The maximum Gasteiger partial charge on any atom is 0.407 e. The molecule has 0 spiro atoms. The molecule has 0 radical (unpaired) electrons. The molecule has 0 rings (SSSR count). The first-order valence-corrected chi connectivity index (χ1v) is 10.3. The van der Waals surface area contributed by atoms with Gasteiger partial charge >= 0.3 is 12.1 Å². The van der Waals surface area contributed by atoms with Crippen molar-refractivity contribution < 1.29 is 34.1 Å². The van der Waals surface area contributed by atoms with E-state index >= 15 is 0 Å². The van der Waals surface area contributed by atoms with Gasteiger partial charge in [-0.1, -0.05) is 19.8 Å². The summed E-state index contributed by atoms with van der Waals surface area (Å²) in [7, 11) is 1.49. The molecule has 2 amide bonds. The van der Waals surface area contributed by atoms with Crippen LogP contribution in [0, 0.1) is 0 Å². The number of carbonyl (C=O) groups excluding carboxylic acids is 3. The number of aliphatic carboxylic acids is 1. The largest absolute Gasteiger partial charge is 0.480 e. The van der Waals surface area contributed by atoms with E-state index in [9.17, 15) is 19.2 Å². The van der Waals surface area contributed by atoms with E-state index in [-0.39, 0.29) is 24.1 Å². The molecule has 0 saturated carbocycles. The molecule has 31 heavy (non-hydrogen) atoms. The molecule has 7 N–H and O–H groups in total. The van der Waals surface area contributed by atoms with E-state index in [0.717, 1.165) is 12.8 Å². The van der Waals surface area contributed by atoms with Crippen LogP contribution in [-0.4, -0.2) is 78.4 Å². The van der Waals surface area contributed by atoms with Crippen LogP contribution in [0.5, 0.6) is 0 Å². The Morgan fingerprint density at radius 1 is 1.16 bits per heavy atom. The molecular formula is C20H42N4O7. The van der Waals surface area contributed by atoms with Crippen LogP contribution >= 0.6 is 0 Å². The molecule has 0 aliphatic rings. The number of carboxylic acids is 1. The molecule has 0 saturated heterocycles. The Kier molecular flexibility index (Phi) is 21.2. The summed E-state index contributed by atoms with van der Waals surface area (Å²) < 4.78 is 4.93. The van der Waals surface area contributed by atoms with Crippen LogP contribution in [0.3, 0.4) is 0 Å². The van der Waals surface area contributed by atoms with E-state index in [1.54, 1.807) is 0 Å². The first kappa shape index (κ1) is 33.4. The van der Waals surface area contributed by atoms with Crippen molar-refractivity contribution in [2.75, 3.05) is 20.1 Å². The van der Waals surface area contributed by atoms with Gasteiger partial charge in [-0.25, -0.2) is 4.79 Å². The number of carboxylic acid groups (broad SMARTS) is 1. The molecular weight excluding hydrogens is 408 g/mol. The number of alkyl carbamates (subject to hydrolysis) is 1. The second kappa shape index (κ2) is 19.7. The van der Waals surface area contributed by atoms with Crippen molar-refractivity contribution in [2.45, 2.75) is 84.6 Å². The fourth-order valence-electron chi connectivity index (χ4n) is 1.86. The molecule has 0 aromatic carbocycles. The molecule has 11 nitrogen and oxygen atoms in total. The minimum absolute atomic E-state index is 0.0542.